The fourth-order valence-electron chi connectivity index (χ4n) is 3.01. The molecule has 0 bridgehead atoms. The van der Waals surface area contributed by atoms with Gasteiger partial charge in [0.05, 0.1) is 0 Å². The number of anilines is 1. The predicted molar refractivity (Wildman–Crippen MR) is 107 cm³/mol. The van der Waals surface area contributed by atoms with Crippen molar-refractivity contribution in [3.05, 3.63) is 70.8 Å². The smallest absolute Gasteiger partial charge is 0.0406 e. The van der Waals surface area contributed by atoms with E-state index in [0.29, 0.717) is 0 Å². The molecular weight excluding hydrogens is 328 g/mol. The number of nitrogens with two attached hydrogens (primary N) is 1. The topological polar surface area (TPSA) is 29.3 Å². The quantitative estimate of drug-likeness (QED) is 0.485. The minimum Gasteiger partial charge on any atom is -0.399 e. The third-order valence-corrected chi connectivity index (χ3v) is 4.66. The predicted octanol–water partition coefficient (Wildman–Crippen LogP) is 4.84. The van der Waals surface area contributed by atoms with Crippen LogP contribution in [0.25, 0.3) is 5.57 Å². The number of halogens is 1. The van der Waals surface area contributed by atoms with Crippen molar-refractivity contribution in [1.29, 1.82) is 0 Å². The monoisotopic (exact) mass is 350 g/mol. The molecule has 2 aromatic rings. The number of nitrogens with zero attached hydrogens (tertiary/aromatic N) is 1. The normalized spacial score (nSPS) is 14.5. The molecule has 2 aromatic carbocycles. The van der Waals surface area contributed by atoms with Crippen molar-refractivity contribution in [2.75, 3.05) is 25.4 Å². The summed E-state index contributed by atoms with van der Waals surface area (Å²) in [4.78, 5) is 2.49. The van der Waals surface area contributed by atoms with Gasteiger partial charge >= 0.3 is 0 Å². The van der Waals surface area contributed by atoms with E-state index in [1.54, 1.807) is 0 Å². The maximum absolute atomic E-state index is 5.96. The highest BCUT2D eigenvalue weighted by Gasteiger charge is 2.12. The van der Waals surface area contributed by atoms with Gasteiger partial charge in [0.1, 0.15) is 0 Å². The van der Waals surface area contributed by atoms with E-state index in [0.717, 1.165) is 55.2 Å². The van der Waals surface area contributed by atoms with Crippen LogP contribution in [0.4, 0.5) is 5.69 Å². The molecule has 0 aromatic heterocycles. The van der Waals surface area contributed by atoms with E-state index in [-0.39, 0.29) is 0 Å². The summed E-state index contributed by atoms with van der Waals surface area (Å²) in [5, 5.41) is 0.793. The molecule has 3 heteroatoms. The average Bonchev–Trinajstić information content (AvgIpc) is 2.63. The first-order valence-electron chi connectivity index (χ1n) is 8.72. The van der Waals surface area contributed by atoms with E-state index in [1.807, 2.05) is 36.4 Å². The number of rotatable bonds is 4. The number of unbranched alkanes of at least 4 members (excludes halogenated alkanes) is 1. The minimum absolute atomic E-state index is 0.767. The van der Waals surface area contributed by atoms with Gasteiger partial charge in [-0.15, -0.1) is 0 Å². The summed E-state index contributed by atoms with van der Waals surface area (Å²) in [7, 11) is 0. The fraction of sp³-hybridized carbons (Fsp3) is 0.273. The molecule has 0 spiro atoms. The first-order chi connectivity index (χ1) is 12.2. The molecule has 0 saturated carbocycles. The van der Waals surface area contributed by atoms with Gasteiger partial charge < -0.3 is 5.73 Å². The molecule has 0 atom stereocenters. The van der Waals surface area contributed by atoms with Crippen LogP contribution < -0.4 is 5.73 Å². The highest BCUT2D eigenvalue weighted by Crippen LogP contribution is 2.23. The van der Waals surface area contributed by atoms with Crippen LogP contribution in [0.15, 0.2) is 54.6 Å². The molecule has 128 valence electrons. The maximum atomic E-state index is 5.96. The molecule has 0 fully saturated rings. The molecule has 0 aliphatic carbocycles. The second-order valence-electron chi connectivity index (χ2n) is 6.32. The summed E-state index contributed by atoms with van der Waals surface area (Å²) >= 11 is 5.96. The lowest BCUT2D eigenvalue weighted by molar-refractivity contribution is 0.299. The van der Waals surface area contributed by atoms with Gasteiger partial charge in [-0.1, -0.05) is 47.7 Å². The lowest BCUT2D eigenvalue weighted by atomic mass is 9.99. The van der Waals surface area contributed by atoms with Gasteiger partial charge in [0.15, 0.2) is 0 Å². The number of nitrogen functional groups attached to an aromatic ring is 1. The van der Waals surface area contributed by atoms with Crippen molar-refractivity contribution in [3.8, 4) is 11.8 Å². The lowest BCUT2D eigenvalue weighted by Gasteiger charge is -2.26. The Morgan fingerprint density at radius 2 is 1.96 bits per heavy atom. The molecule has 2 N–H and O–H groups in total. The molecular formula is C22H23ClN2. The molecule has 3 rings (SSSR count). The van der Waals surface area contributed by atoms with Crippen LogP contribution in [0.5, 0.6) is 0 Å². The molecule has 0 saturated heterocycles. The Morgan fingerprint density at radius 3 is 2.68 bits per heavy atom. The van der Waals surface area contributed by atoms with Crippen molar-refractivity contribution in [3.63, 3.8) is 0 Å². The summed E-state index contributed by atoms with van der Waals surface area (Å²) in [5.74, 6) is 6.43. The fourth-order valence-corrected chi connectivity index (χ4v) is 3.14. The molecule has 1 heterocycles. The first kappa shape index (κ1) is 17.6. The Kier molecular flexibility index (Phi) is 6.17. The zero-order valence-electron chi connectivity index (χ0n) is 14.3. The summed E-state index contributed by atoms with van der Waals surface area (Å²) in [6, 6.07) is 15.9. The second kappa shape index (κ2) is 8.76. The van der Waals surface area contributed by atoms with E-state index in [1.165, 1.54) is 11.1 Å². The molecule has 0 radical (unpaired) electrons. The van der Waals surface area contributed by atoms with Gasteiger partial charge in [-0.05, 0) is 60.9 Å². The van der Waals surface area contributed by atoms with E-state index in [2.05, 4.69) is 34.9 Å². The number of benzene rings is 2. The SMILES string of the molecule is Nc1cccc(C#CCCCN2CC=C(c3ccc(Cl)cc3)CC2)c1. The Hall–Kier alpha value is -2.21. The average molecular weight is 351 g/mol. The Bertz CT molecular complexity index is 797. The highest BCUT2D eigenvalue weighted by atomic mass is 35.5. The largest absolute Gasteiger partial charge is 0.399 e. The Morgan fingerprint density at radius 1 is 1.12 bits per heavy atom. The van der Waals surface area contributed by atoms with Gasteiger partial charge in [-0.2, -0.15) is 0 Å². The Labute approximate surface area is 155 Å². The van der Waals surface area contributed by atoms with E-state index in [9.17, 15) is 0 Å². The lowest BCUT2D eigenvalue weighted by Crippen LogP contribution is -2.29. The number of hydrogen-bond donors (Lipinski definition) is 1. The van der Waals surface area contributed by atoms with E-state index < -0.39 is 0 Å². The van der Waals surface area contributed by atoms with Gasteiger partial charge in [-0.25, -0.2) is 0 Å². The molecule has 0 amide bonds. The van der Waals surface area contributed by atoms with Crippen LogP contribution in [0.3, 0.4) is 0 Å². The zero-order chi connectivity index (χ0) is 17.5. The first-order valence-corrected chi connectivity index (χ1v) is 9.10. The van der Waals surface area contributed by atoms with Crippen molar-refractivity contribution in [2.24, 2.45) is 0 Å². The van der Waals surface area contributed by atoms with Crippen LogP contribution in [-0.2, 0) is 0 Å². The summed E-state index contributed by atoms with van der Waals surface area (Å²) in [6.45, 7) is 3.22. The van der Waals surface area contributed by atoms with E-state index >= 15 is 0 Å². The van der Waals surface area contributed by atoms with Crippen LogP contribution in [0.2, 0.25) is 5.02 Å². The van der Waals surface area contributed by atoms with Crippen LogP contribution in [0, 0.1) is 11.8 Å². The summed E-state index contributed by atoms with van der Waals surface area (Å²) in [6.07, 6.45) is 5.44. The summed E-state index contributed by atoms with van der Waals surface area (Å²) in [5.41, 5.74) is 10.2. The minimum atomic E-state index is 0.767. The molecule has 1 aliphatic rings. The van der Waals surface area contributed by atoms with Gasteiger partial charge in [-0.3, -0.25) is 4.90 Å². The molecule has 25 heavy (non-hydrogen) atoms. The third-order valence-electron chi connectivity index (χ3n) is 4.40. The molecule has 2 nitrogen and oxygen atoms in total. The highest BCUT2D eigenvalue weighted by molar-refractivity contribution is 6.30. The number of hydrogen-bond acceptors (Lipinski definition) is 2. The van der Waals surface area contributed by atoms with Gasteiger partial charge in [0.25, 0.3) is 0 Å². The standard InChI is InChI=1S/C22H23ClN2/c23-21-10-8-19(9-11-21)20-12-15-25(16-13-20)14-3-1-2-5-18-6-4-7-22(24)17-18/h4,6-12,17H,1,3,13-16,24H2. The van der Waals surface area contributed by atoms with Crippen LogP contribution >= 0.6 is 11.6 Å². The van der Waals surface area contributed by atoms with E-state index in [4.69, 9.17) is 17.3 Å². The second-order valence-corrected chi connectivity index (χ2v) is 6.75. The van der Waals surface area contributed by atoms with Crippen LogP contribution in [-0.4, -0.2) is 24.5 Å². The van der Waals surface area contributed by atoms with Crippen LogP contribution in [0.1, 0.15) is 30.4 Å². The Balaban J connectivity index is 1.43. The molecule has 1 aliphatic heterocycles. The van der Waals surface area contributed by atoms with Crippen molar-refractivity contribution in [2.45, 2.75) is 19.3 Å². The van der Waals surface area contributed by atoms with Crippen molar-refractivity contribution < 1.29 is 0 Å². The molecule has 0 unspecified atom stereocenters. The summed E-state index contributed by atoms with van der Waals surface area (Å²) < 4.78 is 0. The van der Waals surface area contributed by atoms with Gasteiger partial charge in [0, 0.05) is 35.8 Å². The van der Waals surface area contributed by atoms with Gasteiger partial charge in [0.2, 0.25) is 0 Å². The third kappa shape index (κ3) is 5.39. The zero-order valence-corrected chi connectivity index (χ0v) is 15.1. The van der Waals surface area contributed by atoms with Crippen molar-refractivity contribution >= 4 is 22.9 Å². The maximum Gasteiger partial charge on any atom is 0.0406 e. The van der Waals surface area contributed by atoms with Crippen molar-refractivity contribution in [1.82, 2.24) is 4.90 Å².